The monoisotopic (exact) mass is 261 g/mol. The molecule has 19 heavy (non-hydrogen) atoms. The number of hydrogen-bond acceptors (Lipinski definition) is 4. The minimum Gasteiger partial charge on any atom is -0.377 e. The van der Waals surface area contributed by atoms with Gasteiger partial charge in [0, 0.05) is 32.1 Å². The van der Waals surface area contributed by atoms with Crippen LogP contribution in [-0.4, -0.2) is 47.1 Å². The van der Waals surface area contributed by atoms with Gasteiger partial charge < -0.3 is 9.64 Å². The van der Waals surface area contributed by atoms with Crippen LogP contribution < -0.4 is 0 Å². The maximum atomic E-state index is 12.1. The van der Waals surface area contributed by atoms with Gasteiger partial charge in [0.1, 0.15) is 5.69 Å². The van der Waals surface area contributed by atoms with Gasteiger partial charge in [0.25, 0.3) is 5.91 Å². The first-order valence-electron chi connectivity index (χ1n) is 6.55. The van der Waals surface area contributed by atoms with Crippen LogP contribution in [0, 0.1) is 5.92 Å². The fourth-order valence-electron chi connectivity index (χ4n) is 2.19. The Morgan fingerprint density at radius 3 is 2.89 bits per heavy atom. The molecule has 0 aliphatic carbocycles. The zero-order valence-electron chi connectivity index (χ0n) is 11.0. The van der Waals surface area contributed by atoms with E-state index in [0.717, 1.165) is 32.5 Å². The summed E-state index contributed by atoms with van der Waals surface area (Å²) < 4.78 is 5.46. The summed E-state index contributed by atoms with van der Waals surface area (Å²) in [6, 6.07) is 0. The van der Waals surface area contributed by atoms with E-state index in [4.69, 9.17) is 4.74 Å². The van der Waals surface area contributed by atoms with Crippen LogP contribution in [0.3, 0.4) is 0 Å². The van der Waals surface area contributed by atoms with Crippen molar-refractivity contribution in [3.8, 4) is 0 Å². The van der Waals surface area contributed by atoms with E-state index < -0.39 is 0 Å². The minimum atomic E-state index is -0.0291. The molecule has 2 rings (SSSR count). The van der Waals surface area contributed by atoms with Gasteiger partial charge in [-0.25, -0.2) is 4.98 Å². The Labute approximate surface area is 113 Å². The van der Waals surface area contributed by atoms with Crippen molar-refractivity contribution >= 4 is 5.91 Å². The summed E-state index contributed by atoms with van der Waals surface area (Å²) in [5, 5.41) is 0. The van der Waals surface area contributed by atoms with E-state index in [1.165, 1.54) is 6.20 Å². The summed E-state index contributed by atoms with van der Waals surface area (Å²) in [5.74, 6) is 0.504. The average molecular weight is 261 g/mol. The predicted molar refractivity (Wildman–Crippen MR) is 71.7 cm³/mol. The summed E-state index contributed by atoms with van der Waals surface area (Å²) in [5.41, 5.74) is 0.420. The van der Waals surface area contributed by atoms with Gasteiger partial charge in [0.2, 0.25) is 0 Å². The van der Waals surface area contributed by atoms with Gasteiger partial charge in [0.15, 0.2) is 0 Å². The average Bonchev–Trinajstić information content (AvgIpc) is 2.48. The SMILES string of the molecule is C=CCOCC1CCN(C(=O)c2cnccn2)CC1. The Morgan fingerprint density at radius 2 is 2.26 bits per heavy atom. The molecule has 1 aliphatic heterocycles. The standard InChI is InChI=1S/C14H19N3O2/c1-2-9-19-11-12-3-7-17(8-4-12)14(18)13-10-15-5-6-16-13/h2,5-6,10,12H,1,3-4,7-9,11H2. The first-order valence-corrected chi connectivity index (χ1v) is 6.55. The van der Waals surface area contributed by atoms with Crippen LogP contribution in [0.25, 0.3) is 0 Å². The van der Waals surface area contributed by atoms with E-state index in [0.29, 0.717) is 18.2 Å². The van der Waals surface area contributed by atoms with Crippen molar-refractivity contribution < 1.29 is 9.53 Å². The molecule has 1 amide bonds. The van der Waals surface area contributed by atoms with Gasteiger partial charge in [-0.2, -0.15) is 0 Å². The molecule has 0 N–H and O–H groups in total. The molecule has 1 aromatic rings. The van der Waals surface area contributed by atoms with Crippen molar-refractivity contribution in [2.24, 2.45) is 5.92 Å². The zero-order chi connectivity index (χ0) is 13.5. The Kier molecular flexibility index (Phi) is 5.03. The maximum Gasteiger partial charge on any atom is 0.274 e. The van der Waals surface area contributed by atoms with Crippen molar-refractivity contribution in [2.75, 3.05) is 26.3 Å². The molecule has 0 atom stereocenters. The molecule has 0 saturated carbocycles. The molecule has 0 spiro atoms. The van der Waals surface area contributed by atoms with Crippen LogP contribution >= 0.6 is 0 Å². The summed E-state index contributed by atoms with van der Waals surface area (Å²) >= 11 is 0. The van der Waals surface area contributed by atoms with Crippen LogP contribution in [0.5, 0.6) is 0 Å². The molecule has 1 fully saturated rings. The van der Waals surface area contributed by atoms with Crippen LogP contribution in [0.15, 0.2) is 31.2 Å². The fraction of sp³-hybridized carbons (Fsp3) is 0.500. The molecule has 0 bridgehead atoms. The lowest BCUT2D eigenvalue weighted by Gasteiger charge is -2.31. The topological polar surface area (TPSA) is 55.3 Å². The van der Waals surface area contributed by atoms with Gasteiger partial charge in [0.05, 0.1) is 12.8 Å². The van der Waals surface area contributed by atoms with Crippen LogP contribution in [-0.2, 0) is 4.74 Å². The number of amides is 1. The zero-order valence-corrected chi connectivity index (χ0v) is 11.0. The van der Waals surface area contributed by atoms with E-state index >= 15 is 0 Å². The van der Waals surface area contributed by atoms with Gasteiger partial charge in [-0.15, -0.1) is 6.58 Å². The number of aromatic nitrogens is 2. The largest absolute Gasteiger partial charge is 0.377 e. The highest BCUT2D eigenvalue weighted by atomic mass is 16.5. The third kappa shape index (κ3) is 3.86. The molecule has 5 nitrogen and oxygen atoms in total. The van der Waals surface area contributed by atoms with E-state index in [-0.39, 0.29) is 5.91 Å². The highest BCUT2D eigenvalue weighted by Gasteiger charge is 2.24. The maximum absolute atomic E-state index is 12.1. The predicted octanol–water partition coefficient (Wildman–Crippen LogP) is 1.53. The molecular weight excluding hydrogens is 242 g/mol. The minimum absolute atomic E-state index is 0.0291. The van der Waals surface area contributed by atoms with E-state index in [9.17, 15) is 4.79 Å². The Bertz CT molecular complexity index is 414. The summed E-state index contributed by atoms with van der Waals surface area (Å²) in [6.07, 6.45) is 8.34. The number of rotatable bonds is 5. The van der Waals surface area contributed by atoms with Crippen molar-refractivity contribution in [1.82, 2.24) is 14.9 Å². The number of carbonyl (C=O) groups excluding carboxylic acids is 1. The molecule has 0 radical (unpaired) electrons. The molecule has 2 heterocycles. The van der Waals surface area contributed by atoms with E-state index in [1.54, 1.807) is 18.5 Å². The quantitative estimate of drug-likeness (QED) is 0.596. The summed E-state index contributed by atoms with van der Waals surface area (Å²) in [6.45, 7) is 6.49. The molecule has 5 heteroatoms. The molecule has 1 saturated heterocycles. The van der Waals surface area contributed by atoms with Crippen molar-refractivity contribution in [2.45, 2.75) is 12.8 Å². The molecule has 0 aromatic carbocycles. The normalized spacial score (nSPS) is 16.3. The van der Waals surface area contributed by atoms with E-state index in [2.05, 4.69) is 16.5 Å². The molecule has 0 unspecified atom stereocenters. The van der Waals surface area contributed by atoms with Crippen molar-refractivity contribution in [1.29, 1.82) is 0 Å². The number of ether oxygens (including phenoxy) is 1. The smallest absolute Gasteiger partial charge is 0.274 e. The van der Waals surface area contributed by atoms with E-state index in [1.807, 2.05) is 4.90 Å². The van der Waals surface area contributed by atoms with Crippen LogP contribution in [0.2, 0.25) is 0 Å². The highest BCUT2D eigenvalue weighted by molar-refractivity contribution is 5.91. The lowest BCUT2D eigenvalue weighted by molar-refractivity contribution is 0.0570. The number of hydrogen-bond donors (Lipinski definition) is 0. The Morgan fingerprint density at radius 1 is 1.47 bits per heavy atom. The number of likely N-dealkylation sites (tertiary alicyclic amines) is 1. The third-order valence-electron chi connectivity index (χ3n) is 3.27. The van der Waals surface area contributed by atoms with Gasteiger partial charge in [-0.05, 0) is 18.8 Å². The van der Waals surface area contributed by atoms with Crippen molar-refractivity contribution in [3.05, 3.63) is 36.9 Å². The highest BCUT2D eigenvalue weighted by Crippen LogP contribution is 2.18. The summed E-state index contributed by atoms with van der Waals surface area (Å²) in [4.78, 5) is 22.0. The number of nitrogens with zero attached hydrogens (tertiary/aromatic N) is 3. The molecule has 1 aromatic heterocycles. The second-order valence-electron chi connectivity index (χ2n) is 4.65. The first kappa shape index (κ1) is 13.7. The lowest BCUT2D eigenvalue weighted by atomic mass is 9.97. The number of carbonyl (C=O) groups is 1. The second-order valence-corrected chi connectivity index (χ2v) is 4.65. The van der Waals surface area contributed by atoms with Crippen LogP contribution in [0.1, 0.15) is 23.3 Å². The van der Waals surface area contributed by atoms with Crippen LogP contribution in [0.4, 0.5) is 0 Å². The second kappa shape index (κ2) is 6.99. The molecule has 102 valence electrons. The summed E-state index contributed by atoms with van der Waals surface area (Å²) in [7, 11) is 0. The molecule has 1 aliphatic rings. The Balaban J connectivity index is 1.80. The Hall–Kier alpha value is -1.75. The van der Waals surface area contributed by atoms with Gasteiger partial charge in [-0.3, -0.25) is 9.78 Å². The fourth-order valence-corrected chi connectivity index (χ4v) is 2.19. The third-order valence-corrected chi connectivity index (χ3v) is 3.27. The van der Waals surface area contributed by atoms with Gasteiger partial charge >= 0.3 is 0 Å². The number of piperidine rings is 1. The van der Waals surface area contributed by atoms with Crippen molar-refractivity contribution in [3.63, 3.8) is 0 Å². The first-order chi connectivity index (χ1) is 9.31. The van der Waals surface area contributed by atoms with Gasteiger partial charge in [-0.1, -0.05) is 6.08 Å². The molecular formula is C14H19N3O2. The lowest BCUT2D eigenvalue weighted by Crippen LogP contribution is -2.39.